The van der Waals surface area contributed by atoms with Crippen molar-refractivity contribution < 1.29 is 27.2 Å². The monoisotopic (exact) mass is 555 g/mol. The van der Waals surface area contributed by atoms with Crippen LogP contribution in [0.15, 0.2) is 46.9 Å². The maximum Gasteiger partial charge on any atom is 0.416 e. The molecule has 5 nitrogen and oxygen atoms in total. The van der Waals surface area contributed by atoms with Crippen LogP contribution in [0, 0.1) is 5.82 Å². The van der Waals surface area contributed by atoms with E-state index in [0.29, 0.717) is 18.9 Å². The van der Waals surface area contributed by atoms with Crippen LogP contribution in [0.5, 0.6) is 0 Å². The quantitative estimate of drug-likeness (QED) is 0.448. The average molecular weight is 556 g/mol. The molecule has 2 aliphatic rings. The number of hydrogen-bond donors (Lipinski definition) is 3. The van der Waals surface area contributed by atoms with Crippen molar-refractivity contribution in [3.8, 4) is 0 Å². The number of carbonyl (C=O) groups is 2. The van der Waals surface area contributed by atoms with Gasteiger partial charge in [0.15, 0.2) is 0 Å². The van der Waals surface area contributed by atoms with Crippen molar-refractivity contribution in [1.29, 1.82) is 0 Å². The summed E-state index contributed by atoms with van der Waals surface area (Å²) in [6, 6.07) is 8.65. The number of carbonyl (C=O) groups excluding carboxylic acids is 2. The lowest BCUT2D eigenvalue weighted by atomic mass is 9.92. The molecule has 2 aromatic carbocycles. The Morgan fingerprint density at radius 1 is 1.09 bits per heavy atom. The third kappa shape index (κ3) is 6.03. The molecule has 1 heterocycles. The molecule has 2 aromatic rings. The summed E-state index contributed by atoms with van der Waals surface area (Å²) in [5.41, 5.74) is -1.64. The van der Waals surface area contributed by atoms with Gasteiger partial charge in [-0.2, -0.15) is 13.2 Å². The van der Waals surface area contributed by atoms with E-state index < -0.39 is 34.9 Å². The van der Waals surface area contributed by atoms with Gasteiger partial charge in [0, 0.05) is 22.5 Å². The van der Waals surface area contributed by atoms with Gasteiger partial charge in [-0.15, -0.1) is 0 Å². The fourth-order valence-corrected chi connectivity index (χ4v) is 4.72. The average Bonchev–Trinajstić information content (AvgIpc) is 3.62. The second-order valence-electron chi connectivity index (χ2n) is 9.16. The SMILES string of the molecule is O=C(NC1CCNCC1)[C@H](Cc1ccc(Br)cc1)NC(=O)C1(c2ccc(C(F)(F)F)cc2F)CC1. The zero-order chi connectivity index (χ0) is 25.2. The Hall–Kier alpha value is -2.46. The lowest BCUT2D eigenvalue weighted by molar-refractivity contribution is -0.137. The maximum absolute atomic E-state index is 14.7. The first-order chi connectivity index (χ1) is 16.6. The minimum absolute atomic E-state index is 0.0182. The Kier molecular flexibility index (Phi) is 7.51. The first-order valence-corrected chi connectivity index (χ1v) is 12.3. The molecule has 188 valence electrons. The smallest absolute Gasteiger partial charge is 0.351 e. The molecular weight excluding hydrogens is 530 g/mol. The minimum atomic E-state index is -4.68. The number of benzene rings is 2. The third-order valence-electron chi connectivity index (χ3n) is 6.66. The molecule has 1 atom stereocenters. The summed E-state index contributed by atoms with van der Waals surface area (Å²) >= 11 is 3.37. The first-order valence-electron chi connectivity index (χ1n) is 11.5. The van der Waals surface area contributed by atoms with E-state index in [1.165, 1.54) is 0 Å². The highest BCUT2D eigenvalue weighted by molar-refractivity contribution is 9.10. The molecule has 2 fully saturated rings. The molecular formula is C25H26BrF4N3O2. The molecule has 1 aliphatic heterocycles. The lowest BCUT2D eigenvalue weighted by Gasteiger charge is -2.28. The fraction of sp³-hybridized carbons (Fsp3) is 0.440. The molecule has 1 saturated carbocycles. The molecule has 2 amide bonds. The molecule has 1 aliphatic carbocycles. The van der Waals surface area contributed by atoms with Gasteiger partial charge in [0.2, 0.25) is 11.8 Å². The third-order valence-corrected chi connectivity index (χ3v) is 7.19. The highest BCUT2D eigenvalue weighted by Gasteiger charge is 2.53. The summed E-state index contributed by atoms with van der Waals surface area (Å²) in [6.07, 6.45) is -2.33. The van der Waals surface area contributed by atoms with E-state index in [2.05, 4.69) is 31.9 Å². The Bertz CT molecular complexity index is 1080. The molecule has 0 radical (unpaired) electrons. The first kappa shape index (κ1) is 25.6. The molecule has 1 saturated heterocycles. The maximum atomic E-state index is 14.7. The highest BCUT2D eigenvalue weighted by Crippen LogP contribution is 2.50. The summed E-state index contributed by atoms with van der Waals surface area (Å²) < 4.78 is 54.4. The van der Waals surface area contributed by atoms with Gasteiger partial charge >= 0.3 is 6.18 Å². The summed E-state index contributed by atoms with van der Waals surface area (Å²) in [7, 11) is 0. The Morgan fingerprint density at radius 2 is 1.74 bits per heavy atom. The van der Waals surface area contributed by atoms with Gasteiger partial charge < -0.3 is 16.0 Å². The zero-order valence-electron chi connectivity index (χ0n) is 18.9. The molecule has 10 heteroatoms. The van der Waals surface area contributed by atoms with Crippen LogP contribution in [-0.2, 0) is 27.6 Å². The second kappa shape index (κ2) is 10.3. The molecule has 0 unspecified atom stereocenters. The van der Waals surface area contributed by atoms with E-state index in [9.17, 15) is 27.2 Å². The molecule has 3 N–H and O–H groups in total. The van der Waals surface area contributed by atoms with E-state index in [4.69, 9.17) is 0 Å². The van der Waals surface area contributed by atoms with E-state index in [1.54, 1.807) is 0 Å². The Balaban J connectivity index is 1.54. The van der Waals surface area contributed by atoms with Gasteiger partial charge in [0.1, 0.15) is 11.9 Å². The van der Waals surface area contributed by atoms with E-state index in [1.807, 2.05) is 24.3 Å². The minimum Gasteiger partial charge on any atom is -0.351 e. The van der Waals surface area contributed by atoms with Gasteiger partial charge in [0.05, 0.1) is 11.0 Å². The van der Waals surface area contributed by atoms with Gasteiger partial charge in [-0.25, -0.2) is 4.39 Å². The van der Waals surface area contributed by atoms with Crippen LogP contribution in [0.4, 0.5) is 17.6 Å². The Labute approximate surface area is 209 Å². The molecule has 0 spiro atoms. The zero-order valence-corrected chi connectivity index (χ0v) is 20.4. The number of rotatable bonds is 7. The number of halogens is 5. The number of nitrogens with one attached hydrogen (secondary N) is 3. The van der Waals surface area contributed by atoms with Crippen molar-refractivity contribution in [3.63, 3.8) is 0 Å². The van der Waals surface area contributed by atoms with Gasteiger partial charge in [0.25, 0.3) is 0 Å². The predicted molar refractivity (Wildman–Crippen MR) is 126 cm³/mol. The highest BCUT2D eigenvalue weighted by atomic mass is 79.9. The van der Waals surface area contributed by atoms with Gasteiger partial charge in [-0.05, 0) is 68.6 Å². The van der Waals surface area contributed by atoms with Crippen molar-refractivity contribution in [2.45, 2.75) is 55.8 Å². The summed E-state index contributed by atoms with van der Waals surface area (Å²) in [5, 5.41) is 9.00. The number of amides is 2. The molecule has 4 rings (SSSR count). The Morgan fingerprint density at radius 3 is 2.31 bits per heavy atom. The number of alkyl halides is 3. The number of piperidine rings is 1. The normalized spacial score (nSPS) is 18.5. The van der Waals surface area contributed by atoms with Crippen molar-refractivity contribution in [3.05, 3.63) is 69.4 Å². The van der Waals surface area contributed by atoms with Crippen molar-refractivity contribution in [2.75, 3.05) is 13.1 Å². The lowest BCUT2D eigenvalue weighted by Crippen LogP contribution is -2.54. The summed E-state index contributed by atoms with van der Waals surface area (Å²) in [6.45, 7) is 1.57. The second-order valence-corrected chi connectivity index (χ2v) is 10.1. The van der Waals surface area contributed by atoms with Crippen molar-refractivity contribution >= 4 is 27.7 Å². The molecule has 0 aromatic heterocycles. The van der Waals surface area contributed by atoms with Crippen LogP contribution in [0.1, 0.15) is 42.4 Å². The van der Waals surface area contributed by atoms with Crippen LogP contribution in [0.25, 0.3) is 0 Å². The van der Waals surface area contributed by atoms with E-state index >= 15 is 0 Å². The van der Waals surface area contributed by atoms with Crippen LogP contribution < -0.4 is 16.0 Å². The van der Waals surface area contributed by atoms with E-state index in [0.717, 1.165) is 48.1 Å². The predicted octanol–water partition coefficient (Wildman–Crippen LogP) is 4.23. The largest absolute Gasteiger partial charge is 0.416 e. The van der Waals surface area contributed by atoms with Crippen LogP contribution in [0.3, 0.4) is 0 Å². The van der Waals surface area contributed by atoms with Crippen molar-refractivity contribution in [1.82, 2.24) is 16.0 Å². The standard InChI is InChI=1S/C25H26BrF4N3O2/c26-17-4-1-15(2-5-17)13-21(22(34)32-18-7-11-31-12-8-18)33-23(35)24(9-10-24)19-6-3-16(14-20(19)27)25(28,29)30/h1-6,14,18,21,31H,7-13H2,(H,32,34)(H,33,35)/t21-/m0/s1. The van der Waals surface area contributed by atoms with E-state index in [-0.39, 0.29) is 23.9 Å². The van der Waals surface area contributed by atoms with Gasteiger partial charge in [-0.3, -0.25) is 9.59 Å². The molecule has 0 bridgehead atoms. The van der Waals surface area contributed by atoms with Crippen molar-refractivity contribution in [2.24, 2.45) is 0 Å². The topological polar surface area (TPSA) is 70.2 Å². The van der Waals surface area contributed by atoms with Crippen LogP contribution in [-0.4, -0.2) is 37.0 Å². The molecule has 35 heavy (non-hydrogen) atoms. The summed E-state index contributed by atoms with van der Waals surface area (Å²) in [4.78, 5) is 26.5. The van der Waals surface area contributed by atoms with Gasteiger partial charge in [-0.1, -0.05) is 34.1 Å². The van der Waals surface area contributed by atoms with Crippen LogP contribution in [0.2, 0.25) is 0 Å². The number of hydrogen-bond acceptors (Lipinski definition) is 3. The van der Waals surface area contributed by atoms with Crippen LogP contribution >= 0.6 is 15.9 Å². The summed E-state index contributed by atoms with van der Waals surface area (Å²) in [5.74, 6) is -1.97. The fourth-order valence-electron chi connectivity index (χ4n) is 4.45.